The molecule has 0 bridgehead atoms. The quantitative estimate of drug-likeness (QED) is 0.262. The smallest absolute Gasteiger partial charge is 0.426 e. The summed E-state index contributed by atoms with van der Waals surface area (Å²) in [5.41, 5.74) is 0.0250. The Morgan fingerprint density at radius 3 is 1.89 bits per heavy atom. The number of hydrogen-bond donors (Lipinski definition) is 0. The van der Waals surface area contributed by atoms with Crippen LogP contribution in [0.5, 0.6) is 5.75 Å². The van der Waals surface area contributed by atoms with E-state index in [0.29, 0.717) is 5.92 Å². The number of ether oxygens (including phenoxy) is 1. The molecule has 0 spiro atoms. The molecule has 2 aromatic rings. The molecule has 2 aliphatic carbocycles. The SMILES string of the molecule is CCCCC1CCC(C2CCC(c3ccc(OC(F)(F)c4cc(F)c(F)c(F)c4)cc3)CC2)CC1. The number of halogens is 5. The van der Waals surface area contributed by atoms with Crippen molar-refractivity contribution in [1.82, 2.24) is 0 Å². The first kappa shape index (κ1) is 26.0. The number of hydrogen-bond acceptors (Lipinski definition) is 1. The zero-order valence-corrected chi connectivity index (χ0v) is 20.3. The third-order valence-corrected chi connectivity index (χ3v) is 8.21. The van der Waals surface area contributed by atoms with E-state index in [0.717, 1.165) is 36.2 Å². The molecule has 4 rings (SSSR count). The number of unbranched alkanes of at least 4 members (excludes halogenated alkanes) is 1. The second kappa shape index (κ2) is 11.3. The van der Waals surface area contributed by atoms with Gasteiger partial charge in [-0.25, -0.2) is 13.2 Å². The summed E-state index contributed by atoms with van der Waals surface area (Å²) in [5, 5.41) is 0. The van der Waals surface area contributed by atoms with Crippen LogP contribution >= 0.6 is 0 Å². The molecular formula is C29H35F5O. The van der Waals surface area contributed by atoms with E-state index in [1.165, 1.54) is 69.9 Å². The molecule has 2 fully saturated rings. The van der Waals surface area contributed by atoms with Crippen molar-refractivity contribution in [2.75, 3.05) is 0 Å². The molecule has 1 nitrogen and oxygen atoms in total. The standard InChI is InChI=1S/C29H35F5O/c1-2-3-4-19-5-7-20(8-6-19)21-9-11-22(12-10-21)23-13-15-25(16-14-23)35-29(33,34)24-17-26(30)28(32)27(31)18-24/h13-22H,2-12H2,1H3. The Balaban J connectivity index is 1.29. The Hall–Kier alpha value is -2.11. The van der Waals surface area contributed by atoms with Gasteiger partial charge in [0.25, 0.3) is 0 Å². The highest BCUT2D eigenvalue weighted by atomic mass is 19.3. The maximum absolute atomic E-state index is 14.4. The van der Waals surface area contributed by atoms with Crippen LogP contribution in [0.2, 0.25) is 0 Å². The first-order valence-corrected chi connectivity index (χ1v) is 13.1. The minimum atomic E-state index is -4.00. The molecule has 35 heavy (non-hydrogen) atoms. The zero-order chi connectivity index (χ0) is 25.0. The normalized spacial score (nSPS) is 25.4. The molecule has 0 aromatic heterocycles. The van der Waals surface area contributed by atoms with Gasteiger partial charge >= 0.3 is 6.11 Å². The molecule has 0 atom stereocenters. The van der Waals surface area contributed by atoms with E-state index in [9.17, 15) is 22.0 Å². The van der Waals surface area contributed by atoms with Gasteiger partial charge < -0.3 is 4.74 Å². The van der Waals surface area contributed by atoms with Crippen LogP contribution in [0, 0.1) is 35.2 Å². The topological polar surface area (TPSA) is 9.23 Å². The monoisotopic (exact) mass is 494 g/mol. The number of benzene rings is 2. The molecule has 0 saturated heterocycles. The molecule has 0 heterocycles. The van der Waals surface area contributed by atoms with Crippen molar-refractivity contribution in [3.8, 4) is 5.75 Å². The first-order valence-electron chi connectivity index (χ1n) is 13.1. The minimum Gasteiger partial charge on any atom is -0.429 e. The summed E-state index contributed by atoms with van der Waals surface area (Å²) in [5.74, 6) is -2.28. The van der Waals surface area contributed by atoms with Crippen LogP contribution in [0.4, 0.5) is 22.0 Å². The lowest BCUT2D eigenvalue weighted by atomic mass is 9.68. The van der Waals surface area contributed by atoms with Crippen molar-refractivity contribution in [2.45, 2.75) is 89.6 Å². The fraction of sp³-hybridized carbons (Fsp3) is 0.586. The van der Waals surface area contributed by atoms with E-state index in [1.807, 2.05) is 0 Å². The van der Waals surface area contributed by atoms with E-state index >= 15 is 0 Å². The second-order valence-electron chi connectivity index (χ2n) is 10.5. The van der Waals surface area contributed by atoms with Crippen LogP contribution in [0.25, 0.3) is 0 Å². The molecular weight excluding hydrogens is 459 g/mol. The Morgan fingerprint density at radius 1 is 0.800 bits per heavy atom. The summed E-state index contributed by atoms with van der Waals surface area (Å²) in [7, 11) is 0. The minimum absolute atomic E-state index is 0.114. The van der Waals surface area contributed by atoms with Gasteiger partial charge in [0.1, 0.15) is 5.75 Å². The summed E-state index contributed by atoms with van der Waals surface area (Å²) in [6.45, 7) is 2.26. The summed E-state index contributed by atoms with van der Waals surface area (Å²) in [4.78, 5) is 0. The average Bonchev–Trinajstić information content (AvgIpc) is 2.86. The highest BCUT2D eigenvalue weighted by Gasteiger charge is 2.37. The number of rotatable bonds is 8. The fourth-order valence-corrected chi connectivity index (χ4v) is 6.10. The number of alkyl halides is 2. The van der Waals surface area contributed by atoms with E-state index < -0.39 is 29.1 Å². The van der Waals surface area contributed by atoms with Gasteiger partial charge in [-0.3, -0.25) is 0 Å². The lowest BCUT2D eigenvalue weighted by Crippen LogP contribution is -2.25. The summed E-state index contributed by atoms with van der Waals surface area (Å²) in [6, 6.07) is 7.01. The van der Waals surface area contributed by atoms with Crippen LogP contribution in [0.1, 0.15) is 94.6 Å². The van der Waals surface area contributed by atoms with Crippen molar-refractivity contribution in [3.05, 3.63) is 65.0 Å². The van der Waals surface area contributed by atoms with Crippen LogP contribution in [0.3, 0.4) is 0 Å². The molecule has 2 aliphatic rings. The molecule has 0 radical (unpaired) electrons. The van der Waals surface area contributed by atoms with Crippen LogP contribution in [0.15, 0.2) is 36.4 Å². The van der Waals surface area contributed by atoms with Gasteiger partial charge in [-0.1, -0.05) is 51.2 Å². The second-order valence-corrected chi connectivity index (χ2v) is 10.5. The van der Waals surface area contributed by atoms with Gasteiger partial charge in [0.15, 0.2) is 17.5 Å². The molecule has 2 aromatic carbocycles. The molecule has 192 valence electrons. The molecule has 0 aliphatic heterocycles. The predicted molar refractivity (Wildman–Crippen MR) is 127 cm³/mol. The van der Waals surface area contributed by atoms with Gasteiger partial charge in [-0.2, -0.15) is 8.78 Å². The van der Waals surface area contributed by atoms with Gasteiger partial charge in [0.2, 0.25) is 0 Å². The predicted octanol–water partition coefficient (Wildman–Crippen LogP) is 9.50. The third-order valence-electron chi connectivity index (χ3n) is 8.21. The first-order chi connectivity index (χ1) is 16.8. The molecule has 0 unspecified atom stereocenters. The van der Waals surface area contributed by atoms with Crippen molar-refractivity contribution < 1.29 is 26.7 Å². The van der Waals surface area contributed by atoms with Gasteiger partial charge in [-0.15, -0.1) is 0 Å². The van der Waals surface area contributed by atoms with Gasteiger partial charge in [0.05, 0.1) is 5.56 Å². The maximum atomic E-state index is 14.4. The van der Waals surface area contributed by atoms with Gasteiger partial charge in [0, 0.05) is 0 Å². The van der Waals surface area contributed by atoms with Crippen molar-refractivity contribution in [1.29, 1.82) is 0 Å². The van der Waals surface area contributed by atoms with Gasteiger partial charge in [-0.05, 0) is 92.0 Å². The summed E-state index contributed by atoms with van der Waals surface area (Å²) in [6.07, 6.45) is 10.2. The molecule has 0 N–H and O–H groups in total. The zero-order valence-electron chi connectivity index (χ0n) is 20.3. The lowest BCUT2D eigenvalue weighted by molar-refractivity contribution is -0.185. The maximum Gasteiger partial charge on any atom is 0.426 e. The fourth-order valence-electron chi connectivity index (χ4n) is 6.10. The average molecular weight is 495 g/mol. The summed E-state index contributed by atoms with van der Waals surface area (Å²) < 4.78 is 73.4. The highest BCUT2D eigenvalue weighted by molar-refractivity contribution is 5.31. The van der Waals surface area contributed by atoms with Crippen LogP contribution in [-0.2, 0) is 6.11 Å². The molecule has 0 amide bonds. The van der Waals surface area contributed by atoms with Crippen molar-refractivity contribution >= 4 is 0 Å². The van der Waals surface area contributed by atoms with Crippen molar-refractivity contribution in [3.63, 3.8) is 0 Å². The van der Waals surface area contributed by atoms with Crippen molar-refractivity contribution in [2.24, 2.45) is 17.8 Å². The lowest BCUT2D eigenvalue weighted by Gasteiger charge is -2.38. The highest BCUT2D eigenvalue weighted by Crippen LogP contribution is 2.45. The Labute approximate surface area is 205 Å². The van der Waals surface area contributed by atoms with E-state index in [2.05, 4.69) is 6.92 Å². The van der Waals surface area contributed by atoms with Crippen LogP contribution in [-0.4, -0.2) is 0 Å². The Kier molecular flexibility index (Phi) is 8.38. The largest absolute Gasteiger partial charge is 0.429 e. The van der Waals surface area contributed by atoms with Crippen LogP contribution < -0.4 is 4.74 Å². The Morgan fingerprint density at radius 2 is 1.34 bits per heavy atom. The third kappa shape index (κ3) is 6.37. The molecule has 2 saturated carbocycles. The summed E-state index contributed by atoms with van der Waals surface area (Å²) >= 11 is 0. The van der Waals surface area contributed by atoms with E-state index in [1.54, 1.807) is 12.1 Å². The molecule has 6 heteroatoms. The van der Waals surface area contributed by atoms with E-state index in [-0.39, 0.29) is 17.9 Å². The Bertz CT molecular complexity index is 935. The van der Waals surface area contributed by atoms with E-state index in [4.69, 9.17) is 4.74 Å².